The van der Waals surface area contributed by atoms with Crippen LogP contribution in [-0.2, 0) is 21.5 Å². The van der Waals surface area contributed by atoms with Crippen molar-refractivity contribution in [1.82, 2.24) is 19.7 Å². The first-order valence-corrected chi connectivity index (χ1v) is 11.3. The number of ether oxygens (including phenoxy) is 1. The summed E-state index contributed by atoms with van der Waals surface area (Å²) in [5, 5.41) is 2.79. The molecule has 0 aliphatic carbocycles. The Morgan fingerprint density at radius 2 is 1.88 bits per heavy atom. The van der Waals surface area contributed by atoms with Crippen LogP contribution in [0.25, 0.3) is 0 Å². The fraction of sp³-hybridized carbons (Fsp3) is 0.520. The smallest absolute Gasteiger partial charge is 0.317 e. The summed E-state index contributed by atoms with van der Waals surface area (Å²) in [6, 6.07) is 12.2. The van der Waals surface area contributed by atoms with Crippen molar-refractivity contribution in [3.63, 3.8) is 0 Å². The summed E-state index contributed by atoms with van der Waals surface area (Å²) >= 11 is 0. The molecule has 1 N–H and O–H groups in total. The summed E-state index contributed by atoms with van der Waals surface area (Å²) in [6.07, 6.45) is 2.06. The molecule has 32 heavy (non-hydrogen) atoms. The lowest BCUT2D eigenvalue weighted by Crippen LogP contribution is -2.50. The molecule has 7 nitrogen and oxygen atoms in total. The highest BCUT2D eigenvalue weighted by Crippen LogP contribution is 2.34. The first-order chi connectivity index (χ1) is 15.3. The number of benzene rings is 1. The van der Waals surface area contributed by atoms with Gasteiger partial charge in [-0.1, -0.05) is 45.0 Å². The lowest BCUT2D eigenvalue weighted by Gasteiger charge is -2.38. The number of fused-ring (bicyclic) bond motifs is 1. The molecule has 0 saturated carbocycles. The van der Waals surface area contributed by atoms with Gasteiger partial charge in [0.1, 0.15) is 6.54 Å². The molecule has 0 fully saturated rings. The average molecular weight is 441 g/mol. The van der Waals surface area contributed by atoms with Crippen molar-refractivity contribution in [2.75, 3.05) is 39.9 Å². The summed E-state index contributed by atoms with van der Waals surface area (Å²) in [7, 11) is 1.59. The number of hydrogen-bond donors (Lipinski definition) is 1. The number of aromatic nitrogens is 1. The summed E-state index contributed by atoms with van der Waals surface area (Å²) in [4.78, 5) is 29.4. The maximum Gasteiger partial charge on any atom is 0.317 e. The average Bonchev–Trinajstić information content (AvgIpc) is 3.24. The van der Waals surface area contributed by atoms with Gasteiger partial charge in [-0.15, -0.1) is 0 Å². The standard InChI is InChI=1S/C25H36N4O3/c1-6-26-24(31)28(16-17-32-5)18-22(30)29-15-14-27-13-7-8-21(27)23(29)19-9-11-20(12-10-19)25(2,3)4/h7-13,23H,6,14-18H2,1-5H3,(H,26,31)/t23-/m1/s1. The van der Waals surface area contributed by atoms with Crippen LogP contribution in [0, 0.1) is 0 Å². The third kappa shape index (κ3) is 5.33. The second-order valence-corrected chi connectivity index (χ2v) is 9.24. The zero-order valence-corrected chi connectivity index (χ0v) is 19.9. The number of hydrogen-bond acceptors (Lipinski definition) is 3. The number of nitrogens with one attached hydrogen (secondary N) is 1. The molecule has 2 heterocycles. The van der Waals surface area contributed by atoms with Crippen molar-refractivity contribution in [3.05, 3.63) is 59.4 Å². The molecule has 1 aromatic carbocycles. The van der Waals surface area contributed by atoms with Gasteiger partial charge in [0.2, 0.25) is 5.91 Å². The minimum absolute atomic E-state index is 0.0203. The second kappa shape index (κ2) is 10.2. The molecule has 2 aromatic rings. The molecule has 0 bridgehead atoms. The van der Waals surface area contributed by atoms with E-state index in [1.165, 1.54) is 10.5 Å². The van der Waals surface area contributed by atoms with Crippen LogP contribution in [0.5, 0.6) is 0 Å². The van der Waals surface area contributed by atoms with E-state index in [1.54, 1.807) is 7.11 Å². The zero-order chi connectivity index (χ0) is 23.3. The lowest BCUT2D eigenvalue weighted by molar-refractivity contribution is -0.134. The number of nitrogens with zero attached hydrogens (tertiary/aromatic N) is 3. The van der Waals surface area contributed by atoms with Gasteiger partial charge in [-0.05, 0) is 35.6 Å². The Labute approximate surface area is 191 Å². The Morgan fingerprint density at radius 3 is 2.50 bits per heavy atom. The molecule has 1 aliphatic heterocycles. The Morgan fingerprint density at radius 1 is 1.16 bits per heavy atom. The minimum Gasteiger partial charge on any atom is -0.383 e. The highest BCUT2D eigenvalue weighted by atomic mass is 16.5. The van der Waals surface area contributed by atoms with Gasteiger partial charge < -0.3 is 24.4 Å². The van der Waals surface area contributed by atoms with Gasteiger partial charge in [0.25, 0.3) is 0 Å². The van der Waals surface area contributed by atoms with Crippen molar-refractivity contribution in [1.29, 1.82) is 0 Å². The first-order valence-electron chi connectivity index (χ1n) is 11.3. The zero-order valence-electron chi connectivity index (χ0n) is 19.9. The third-order valence-corrected chi connectivity index (χ3v) is 5.96. The Kier molecular flexibility index (Phi) is 7.61. The Balaban J connectivity index is 1.88. The molecule has 0 radical (unpaired) electrons. The summed E-state index contributed by atoms with van der Waals surface area (Å²) in [5.74, 6) is -0.0651. The van der Waals surface area contributed by atoms with Gasteiger partial charge in [-0.2, -0.15) is 0 Å². The van der Waals surface area contributed by atoms with Crippen LogP contribution in [0.1, 0.15) is 50.6 Å². The highest BCUT2D eigenvalue weighted by Gasteiger charge is 2.33. The number of methoxy groups -OCH3 is 1. The molecule has 0 spiro atoms. The number of carbonyl (C=O) groups excluding carboxylic acids is 2. The largest absolute Gasteiger partial charge is 0.383 e. The highest BCUT2D eigenvalue weighted by molar-refractivity contribution is 5.84. The Bertz CT molecular complexity index is 914. The second-order valence-electron chi connectivity index (χ2n) is 9.24. The molecule has 0 saturated heterocycles. The quantitative estimate of drug-likeness (QED) is 0.718. The maximum absolute atomic E-state index is 13.5. The van der Waals surface area contributed by atoms with Crippen LogP contribution in [0.2, 0.25) is 0 Å². The lowest BCUT2D eigenvalue weighted by atomic mass is 9.86. The predicted molar refractivity (Wildman–Crippen MR) is 126 cm³/mol. The monoisotopic (exact) mass is 440 g/mol. The first kappa shape index (κ1) is 23.9. The normalized spacial score (nSPS) is 15.9. The summed E-state index contributed by atoms with van der Waals surface area (Å²) in [5.41, 5.74) is 3.49. The SMILES string of the molecule is CCNC(=O)N(CCOC)CC(=O)N1CCn2cccc2[C@H]1c1ccc(C(C)(C)C)cc1. The van der Waals surface area contributed by atoms with Gasteiger partial charge in [-0.3, -0.25) is 4.79 Å². The predicted octanol–water partition coefficient (Wildman–Crippen LogP) is 3.40. The van der Waals surface area contributed by atoms with E-state index in [9.17, 15) is 9.59 Å². The molecule has 1 aliphatic rings. The van der Waals surface area contributed by atoms with Crippen molar-refractivity contribution in [3.8, 4) is 0 Å². The fourth-order valence-corrected chi connectivity index (χ4v) is 4.14. The molecule has 1 atom stereocenters. The molecule has 3 amide bonds. The molecule has 3 rings (SSSR count). The Hall–Kier alpha value is -2.80. The van der Waals surface area contributed by atoms with Crippen LogP contribution in [0.15, 0.2) is 42.6 Å². The van der Waals surface area contributed by atoms with Crippen LogP contribution < -0.4 is 5.32 Å². The van der Waals surface area contributed by atoms with Crippen molar-refractivity contribution < 1.29 is 14.3 Å². The maximum atomic E-state index is 13.5. The van der Waals surface area contributed by atoms with E-state index in [2.05, 4.69) is 67.2 Å². The summed E-state index contributed by atoms with van der Waals surface area (Å²) < 4.78 is 7.35. The van der Waals surface area contributed by atoms with E-state index >= 15 is 0 Å². The molecule has 7 heteroatoms. The minimum atomic E-state index is -0.246. The molecular formula is C25H36N4O3. The van der Waals surface area contributed by atoms with E-state index in [0.717, 1.165) is 17.8 Å². The van der Waals surface area contributed by atoms with Crippen molar-refractivity contribution in [2.45, 2.75) is 45.7 Å². The van der Waals surface area contributed by atoms with Gasteiger partial charge in [0.15, 0.2) is 0 Å². The number of amides is 3. The van der Waals surface area contributed by atoms with Gasteiger partial charge in [-0.25, -0.2) is 4.79 Å². The summed E-state index contributed by atoms with van der Waals surface area (Å²) in [6.45, 7) is 11.1. The molecule has 0 unspecified atom stereocenters. The fourth-order valence-electron chi connectivity index (χ4n) is 4.14. The number of urea groups is 1. The van der Waals surface area contributed by atoms with Gasteiger partial charge >= 0.3 is 6.03 Å². The van der Waals surface area contributed by atoms with Crippen LogP contribution >= 0.6 is 0 Å². The number of rotatable bonds is 7. The van der Waals surface area contributed by atoms with E-state index in [0.29, 0.717) is 26.2 Å². The van der Waals surface area contributed by atoms with Crippen LogP contribution in [0.4, 0.5) is 4.79 Å². The van der Waals surface area contributed by atoms with E-state index in [1.807, 2.05) is 17.9 Å². The van der Waals surface area contributed by atoms with Crippen LogP contribution in [0.3, 0.4) is 0 Å². The third-order valence-electron chi connectivity index (χ3n) is 5.96. The van der Waals surface area contributed by atoms with Gasteiger partial charge in [0, 0.05) is 45.2 Å². The van der Waals surface area contributed by atoms with Gasteiger partial charge in [0.05, 0.1) is 12.6 Å². The van der Waals surface area contributed by atoms with Crippen molar-refractivity contribution >= 4 is 11.9 Å². The molecular weight excluding hydrogens is 404 g/mol. The molecule has 1 aromatic heterocycles. The topological polar surface area (TPSA) is 66.8 Å². The molecule has 174 valence electrons. The van der Waals surface area contributed by atoms with Crippen molar-refractivity contribution in [2.24, 2.45) is 0 Å². The van der Waals surface area contributed by atoms with Crippen LogP contribution in [-0.4, -0.2) is 66.2 Å². The van der Waals surface area contributed by atoms with E-state index < -0.39 is 0 Å². The van der Waals surface area contributed by atoms with E-state index in [4.69, 9.17) is 4.74 Å². The number of carbonyl (C=O) groups is 2. The van der Waals surface area contributed by atoms with E-state index in [-0.39, 0.29) is 29.9 Å².